The van der Waals surface area contributed by atoms with E-state index in [1.54, 1.807) is 13.0 Å². The smallest absolute Gasteiger partial charge is 0.356 e. The van der Waals surface area contributed by atoms with Gasteiger partial charge in [0.15, 0.2) is 5.65 Å². The molecule has 0 aliphatic carbocycles. The molecule has 1 aliphatic rings. The third kappa shape index (κ3) is 3.81. The number of hydrogen-bond acceptors (Lipinski definition) is 8. The minimum Gasteiger partial charge on any atom is -0.464 e. The Kier molecular flexibility index (Phi) is 5.58. The van der Waals surface area contributed by atoms with Crippen molar-refractivity contribution in [3.63, 3.8) is 0 Å². The van der Waals surface area contributed by atoms with E-state index in [-0.39, 0.29) is 17.7 Å². The van der Waals surface area contributed by atoms with Crippen LogP contribution < -0.4 is 11.4 Å². The van der Waals surface area contributed by atoms with E-state index >= 15 is 0 Å². The number of fused-ring (bicyclic) bond motifs is 1. The molecule has 0 saturated carbocycles. The number of ether oxygens (including phenoxy) is 2. The fraction of sp³-hybridized carbons (Fsp3) is 0.292. The molecule has 1 atom stereocenters. The van der Waals surface area contributed by atoms with Crippen molar-refractivity contribution in [3.05, 3.63) is 64.3 Å². The topological polar surface area (TPSA) is 127 Å². The first-order valence-corrected chi connectivity index (χ1v) is 11.0. The van der Waals surface area contributed by atoms with Crippen molar-refractivity contribution in [1.82, 2.24) is 24.1 Å². The van der Waals surface area contributed by atoms with Crippen LogP contribution in [0.4, 0.5) is 5.95 Å². The van der Waals surface area contributed by atoms with Crippen molar-refractivity contribution in [3.8, 4) is 22.4 Å². The second-order valence-corrected chi connectivity index (χ2v) is 8.19. The minimum atomic E-state index is -0.563. The number of rotatable bonds is 5. The van der Waals surface area contributed by atoms with E-state index in [1.807, 2.05) is 36.4 Å². The highest BCUT2D eigenvalue weighted by Gasteiger charge is 2.25. The molecule has 0 unspecified atom stereocenters. The van der Waals surface area contributed by atoms with E-state index in [0.29, 0.717) is 41.3 Å². The molecule has 1 aliphatic heterocycles. The van der Waals surface area contributed by atoms with Gasteiger partial charge < -0.3 is 15.2 Å². The zero-order valence-electron chi connectivity index (χ0n) is 18.9. The zero-order chi connectivity index (χ0) is 23.8. The van der Waals surface area contributed by atoms with E-state index in [9.17, 15) is 9.59 Å². The van der Waals surface area contributed by atoms with Gasteiger partial charge >= 0.3 is 11.7 Å². The molecular formula is C24H24N6O4. The van der Waals surface area contributed by atoms with Crippen LogP contribution in [-0.2, 0) is 16.0 Å². The van der Waals surface area contributed by atoms with E-state index in [4.69, 9.17) is 15.2 Å². The van der Waals surface area contributed by atoms with Gasteiger partial charge in [-0.25, -0.2) is 28.6 Å². The Morgan fingerprint density at radius 2 is 2.00 bits per heavy atom. The number of anilines is 1. The fourth-order valence-electron chi connectivity index (χ4n) is 4.30. The number of pyridine rings is 1. The highest BCUT2D eigenvalue weighted by Crippen LogP contribution is 2.35. The number of benzene rings is 1. The number of aromatic nitrogens is 5. The molecular weight excluding hydrogens is 436 g/mol. The summed E-state index contributed by atoms with van der Waals surface area (Å²) >= 11 is 0. The molecule has 34 heavy (non-hydrogen) atoms. The van der Waals surface area contributed by atoms with Crippen molar-refractivity contribution >= 4 is 17.6 Å². The molecule has 0 amide bonds. The molecule has 4 heterocycles. The van der Waals surface area contributed by atoms with Crippen LogP contribution in [0.15, 0.2) is 47.3 Å². The maximum absolute atomic E-state index is 13.3. The summed E-state index contributed by atoms with van der Waals surface area (Å²) in [6, 6.07) is 12.9. The summed E-state index contributed by atoms with van der Waals surface area (Å²) in [4.78, 5) is 34.4. The molecule has 174 valence electrons. The molecule has 1 aromatic carbocycles. The van der Waals surface area contributed by atoms with Crippen LogP contribution in [0.2, 0.25) is 0 Å². The Morgan fingerprint density at radius 3 is 2.71 bits per heavy atom. The number of nitrogen functional groups attached to an aromatic ring is 1. The minimum absolute atomic E-state index is 0.0279. The van der Waals surface area contributed by atoms with E-state index in [1.165, 1.54) is 16.2 Å². The lowest BCUT2D eigenvalue weighted by atomic mass is 9.99. The van der Waals surface area contributed by atoms with E-state index < -0.39 is 11.7 Å². The van der Waals surface area contributed by atoms with Crippen molar-refractivity contribution in [1.29, 1.82) is 0 Å². The second kappa shape index (κ2) is 8.71. The summed E-state index contributed by atoms with van der Waals surface area (Å²) in [5.74, 6) is -0.535. The molecule has 1 saturated heterocycles. The predicted molar refractivity (Wildman–Crippen MR) is 125 cm³/mol. The fourth-order valence-corrected chi connectivity index (χ4v) is 4.30. The summed E-state index contributed by atoms with van der Waals surface area (Å²) in [5, 5.41) is 4.65. The van der Waals surface area contributed by atoms with E-state index in [0.717, 1.165) is 18.4 Å². The van der Waals surface area contributed by atoms with Gasteiger partial charge in [0.25, 0.3) is 0 Å². The third-order valence-electron chi connectivity index (χ3n) is 5.84. The summed E-state index contributed by atoms with van der Waals surface area (Å²) < 4.78 is 13.2. The van der Waals surface area contributed by atoms with Gasteiger partial charge in [0.2, 0.25) is 5.95 Å². The Hall–Kier alpha value is -4.05. The van der Waals surface area contributed by atoms with Crippen LogP contribution in [0.25, 0.3) is 28.0 Å². The molecule has 0 radical (unpaired) electrons. The average molecular weight is 460 g/mol. The second-order valence-electron chi connectivity index (χ2n) is 8.19. The van der Waals surface area contributed by atoms with Gasteiger partial charge in [-0.15, -0.1) is 5.10 Å². The largest absolute Gasteiger partial charge is 0.464 e. The lowest BCUT2D eigenvalue weighted by Crippen LogP contribution is -2.28. The summed E-state index contributed by atoms with van der Waals surface area (Å²) in [5.41, 5.74) is 9.50. The predicted octanol–water partition coefficient (Wildman–Crippen LogP) is 2.48. The first kappa shape index (κ1) is 21.8. The quantitative estimate of drug-likeness (QED) is 0.450. The molecule has 2 N–H and O–H groups in total. The molecule has 4 aromatic rings. The van der Waals surface area contributed by atoms with Crippen LogP contribution in [0.1, 0.15) is 29.0 Å². The van der Waals surface area contributed by atoms with Crippen molar-refractivity contribution in [2.45, 2.75) is 32.4 Å². The van der Waals surface area contributed by atoms with Gasteiger partial charge in [-0.3, -0.25) is 0 Å². The van der Waals surface area contributed by atoms with Crippen molar-refractivity contribution in [2.24, 2.45) is 0 Å². The van der Waals surface area contributed by atoms with Gasteiger partial charge in [-0.1, -0.05) is 30.3 Å². The average Bonchev–Trinajstić information content (AvgIpc) is 3.47. The Bertz CT molecular complexity index is 1440. The van der Waals surface area contributed by atoms with Crippen molar-refractivity contribution in [2.75, 3.05) is 19.5 Å². The standard InChI is InChI=1S/C24H24N6O4/c1-14-11-16(12-18(26-14)22(31)33-2)19-20(15-7-4-3-5-8-15)27-23(25)30-21(19)28-29(24(30)32)13-17-9-6-10-34-17/h3-5,7-8,11-12,17H,6,9-10,13H2,1-2H3,(H2,25,27)/t17-/m1/s1. The van der Waals surface area contributed by atoms with Crippen LogP contribution in [0.5, 0.6) is 0 Å². The number of hydrogen-bond donors (Lipinski definition) is 1. The number of esters is 1. The van der Waals surface area contributed by atoms with Crippen LogP contribution in [0, 0.1) is 6.92 Å². The Morgan fingerprint density at radius 1 is 1.21 bits per heavy atom. The number of carbonyl (C=O) groups excluding carboxylic acids is 1. The normalized spacial score (nSPS) is 15.6. The van der Waals surface area contributed by atoms with Crippen LogP contribution in [0.3, 0.4) is 0 Å². The lowest BCUT2D eigenvalue weighted by Gasteiger charge is -2.13. The van der Waals surface area contributed by atoms with Crippen LogP contribution >= 0.6 is 0 Å². The molecule has 0 bridgehead atoms. The van der Waals surface area contributed by atoms with Gasteiger partial charge in [0.05, 0.1) is 31.0 Å². The number of carbonyl (C=O) groups is 1. The number of methoxy groups -OCH3 is 1. The van der Waals surface area contributed by atoms with Crippen molar-refractivity contribution < 1.29 is 14.3 Å². The summed E-state index contributed by atoms with van der Waals surface area (Å²) in [6.45, 7) is 2.78. The molecule has 10 nitrogen and oxygen atoms in total. The molecule has 0 spiro atoms. The highest BCUT2D eigenvalue weighted by atomic mass is 16.5. The Balaban J connectivity index is 1.81. The van der Waals surface area contributed by atoms with E-state index in [2.05, 4.69) is 15.1 Å². The van der Waals surface area contributed by atoms with Gasteiger partial charge in [0, 0.05) is 17.9 Å². The lowest BCUT2D eigenvalue weighted by molar-refractivity contribution is 0.0594. The SMILES string of the molecule is COC(=O)c1cc(-c2c(-c3ccccc3)nc(N)n3c(=O)n(C[C@H]4CCCO4)nc23)cc(C)n1. The maximum Gasteiger partial charge on any atom is 0.356 e. The zero-order valence-corrected chi connectivity index (χ0v) is 18.9. The number of aryl methyl sites for hydroxylation is 1. The third-order valence-corrected chi connectivity index (χ3v) is 5.84. The summed E-state index contributed by atoms with van der Waals surface area (Å²) in [6.07, 6.45) is 1.73. The Labute approximate surface area is 195 Å². The van der Waals surface area contributed by atoms with Gasteiger partial charge in [0.1, 0.15) is 5.69 Å². The molecule has 5 rings (SSSR count). The first-order valence-electron chi connectivity index (χ1n) is 11.0. The maximum atomic E-state index is 13.3. The molecule has 3 aromatic heterocycles. The molecule has 1 fully saturated rings. The van der Waals surface area contributed by atoms with Crippen LogP contribution in [-0.4, -0.2) is 49.9 Å². The van der Waals surface area contributed by atoms with Gasteiger partial charge in [-0.2, -0.15) is 0 Å². The number of nitrogens with two attached hydrogens (primary N) is 1. The number of nitrogens with zero attached hydrogens (tertiary/aromatic N) is 5. The van der Waals surface area contributed by atoms with Gasteiger partial charge in [-0.05, 0) is 37.5 Å². The summed E-state index contributed by atoms with van der Waals surface area (Å²) in [7, 11) is 1.30. The monoisotopic (exact) mass is 460 g/mol. The molecule has 10 heteroatoms. The highest BCUT2D eigenvalue weighted by molar-refractivity contribution is 5.94. The first-order chi connectivity index (χ1) is 16.5.